The monoisotopic (exact) mass is 575 g/mol. The van der Waals surface area contributed by atoms with Crippen molar-refractivity contribution in [3.63, 3.8) is 0 Å². The summed E-state index contributed by atoms with van der Waals surface area (Å²) in [7, 11) is 0. The third-order valence-corrected chi connectivity index (χ3v) is 8.27. The van der Waals surface area contributed by atoms with Crippen molar-refractivity contribution in [1.29, 1.82) is 0 Å². The van der Waals surface area contributed by atoms with Crippen LogP contribution in [0.25, 0.3) is 27.5 Å². The molecule has 5 aromatic rings. The Morgan fingerprint density at radius 3 is 1.70 bits per heavy atom. The zero-order valence-corrected chi connectivity index (χ0v) is 26.2. The molecule has 0 radical (unpaired) electrons. The van der Waals surface area contributed by atoms with Crippen LogP contribution < -0.4 is 4.74 Å². The fourth-order valence-electron chi connectivity index (χ4n) is 6.29. The van der Waals surface area contributed by atoms with Gasteiger partial charge in [0.25, 0.3) is 0 Å². The molecule has 0 aliphatic carbocycles. The average molecular weight is 576 g/mol. The largest absolute Gasteiger partial charge is 0.481 e. The maximum atomic E-state index is 13.3. The Bertz CT molecular complexity index is 1730. The van der Waals surface area contributed by atoms with E-state index in [1.54, 1.807) is 0 Å². The molecule has 1 aromatic heterocycles. The van der Waals surface area contributed by atoms with Crippen molar-refractivity contribution in [2.24, 2.45) is 0 Å². The van der Waals surface area contributed by atoms with Gasteiger partial charge in [-0.1, -0.05) is 90.1 Å². The Balaban J connectivity index is 1.44. The average Bonchev–Trinajstić information content (AvgIpc) is 3.26. The van der Waals surface area contributed by atoms with Crippen molar-refractivity contribution < 1.29 is 19.4 Å². The number of carboxylic acid groups (broad SMARTS) is 1. The maximum Gasteiger partial charge on any atom is 0.311 e. The SMILES string of the molecule is Cc1c(C(C)(C)C)cc(OC(=O)CC(CC(=O)O)c2ccc(-n3c4ccccc4c4ccccc43)cc2)cc1C(C)(C)C. The number of hydrogen-bond acceptors (Lipinski definition) is 3. The predicted molar refractivity (Wildman–Crippen MR) is 175 cm³/mol. The number of hydrogen-bond donors (Lipinski definition) is 1. The highest BCUT2D eigenvalue weighted by molar-refractivity contribution is 6.09. The van der Waals surface area contributed by atoms with Crippen molar-refractivity contribution in [3.05, 3.63) is 107 Å². The minimum Gasteiger partial charge on any atom is -0.481 e. The normalized spacial score (nSPS) is 12.9. The molecule has 0 saturated heterocycles. The Labute approximate surface area is 254 Å². The van der Waals surface area contributed by atoms with E-state index in [0.29, 0.717) is 5.75 Å². The van der Waals surface area contributed by atoms with Crippen molar-refractivity contribution in [3.8, 4) is 11.4 Å². The van der Waals surface area contributed by atoms with Crippen LogP contribution in [0.5, 0.6) is 5.75 Å². The Morgan fingerprint density at radius 2 is 1.23 bits per heavy atom. The van der Waals surface area contributed by atoms with E-state index in [0.717, 1.165) is 33.4 Å². The van der Waals surface area contributed by atoms with Gasteiger partial charge in [0.2, 0.25) is 0 Å². The van der Waals surface area contributed by atoms with Crippen LogP contribution >= 0.6 is 0 Å². The Morgan fingerprint density at radius 1 is 0.744 bits per heavy atom. The van der Waals surface area contributed by atoms with E-state index in [1.165, 1.54) is 16.3 Å². The van der Waals surface area contributed by atoms with E-state index in [9.17, 15) is 14.7 Å². The molecular weight excluding hydrogens is 534 g/mol. The molecule has 1 atom stereocenters. The van der Waals surface area contributed by atoms with Crippen molar-refractivity contribution in [1.82, 2.24) is 4.57 Å². The molecule has 43 heavy (non-hydrogen) atoms. The summed E-state index contributed by atoms with van der Waals surface area (Å²) in [6.07, 6.45) is -0.206. The molecular formula is C38H41NO4. The lowest BCUT2D eigenvalue weighted by atomic mass is 9.76. The topological polar surface area (TPSA) is 68.5 Å². The van der Waals surface area contributed by atoms with Crippen LogP contribution in [0.2, 0.25) is 0 Å². The number of para-hydroxylation sites is 2. The third-order valence-electron chi connectivity index (χ3n) is 8.27. The molecule has 4 aromatic carbocycles. The van der Waals surface area contributed by atoms with Crippen LogP contribution in [0.4, 0.5) is 0 Å². The molecule has 0 fully saturated rings. The minimum atomic E-state index is -0.954. The summed E-state index contributed by atoms with van der Waals surface area (Å²) in [5.74, 6) is -1.42. The lowest BCUT2D eigenvalue weighted by Crippen LogP contribution is -2.21. The highest BCUT2D eigenvalue weighted by Gasteiger charge is 2.27. The lowest BCUT2D eigenvalue weighted by molar-refractivity contribution is -0.138. The molecule has 0 aliphatic rings. The second-order valence-electron chi connectivity index (χ2n) is 13.6. The molecule has 0 saturated carbocycles. The van der Waals surface area contributed by atoms with E-state index >= 15 is 0 Å². The van der Waals surface area contributed by atoms with E-state index in [2.05, 4.69) is 77.3 Å². The molecule has 5 nitrogen and oxygen atoms in total. The van der Waals surface area contributed by atoms with Gasteiger partial charge in [0, 0.05) is 22.4 Å². The van der Waals surface area contributed by atoms with Gasteiger partial charge in [-0.2, -0.15) is 0 Å². The smallest absolute Gasteiger partial charge is 0.311 e. The fraction of sp³-hybridized carbons (Fsp3) is 0.316. The molecule has 1 N–H and O–H groups in total. The number of rotatable bonds is 7. The van der Waals surface area contributed by atoms with Gasteiger partial charge in [0.1, 0.15) is 5.75 Å². The lowest BCUT2D eigenvalue weighted by Gasteiger charge is -2.29. The van der Waals surface area contributed by atoms with Gasteiger partial charge in [-0.15, -0.1) is 0 Å². The molecule has 1 heterocycles. The molecule has 0 amide bonds. The van der Waals surface area contributed by atoms with Gasteiger partial charge in [0.05, 0.1) is 23.9 Å². The fourth-order valence-corrected chi connectivity index (χ4v) is 6.29. The van der Waals surface area contributed by atoms with Gasteiger partial charge in [-0.25, -0.2) is 0 Å². The van der Waals surface area contributed by atoms with Gasteiger partial charge in [0.15, 0.2) is 0 Å². The van der Waals surface area contributed by atoms with E-state index in [4.69, 9.17) is 4.74 Å². The number of benzene rings is 4. The molecule has 0 bridgehead atoms. The summed E-state index contributed by atoms with van der Waals surface area (Å²) in [6.45, 7) is 15.0. The number of ether oxygens (including phenoxy) is 1. The predicted octanol–water partition coefficient (Wildman–Crippen LogP) is 9.24. The van der Waals surface area contributed by atoms with Gasteiger partial charge in [-0.05, 0) is 76.4 Å². The molecule has 5 rings (SSSR count). The van der Waals surface area contributed by atoms with Gasteiger partial charge < -0.3 is 14.4 Å². The first-order chi connectivity index (χ1) is 20.2. The number of aliphatic carboxylic acids is 1. The summed E-state index contributed by atoms with van der Waals surface area (Å²) in [5.41, 5.74) is 7.17. The molecule has 0 spiro atoms. The second kappa shape index (κ2) is 11.4. The first-order valence-electron chi connectivity index (χ1n) is 14.9. The number of carbonyl (C=O) groups is 2. The first kappa shape index (κ1) is 30.1. The summed E-state index contributed by atoms with van der Waals surface area (Å²) in [6, 6.07) is 28.4. The second-order valence-corrected chi connectivity index (χ2v) is 13.6. The highest BCUT2D eigenvalue weighted by Crippen LogP contribution is 2.38. The summed E-state index contributed by atoms with van der Waals surface area (Å²) in [4.78, 5) is 25.2. The zero-order valence-electron chi connectivity index (χ0n) is 26.2. The number of aromatic nitrogens is 1. The summed E-state index contributed by atoms with van der Waals surface area (Å²) >= 11 is 0. The zero-order chi connectivity index (χ0) is 31.1. The van der Waals surface area contributed by atoms with Crippen molar-refractivity contribution >= 4 is 33.7 Å². The third kappa shape index (κ3) is 6.22. The Hall–Kier alpha value is -4.38. The quantitative estimate of drug-likeness (QED) is 0.155. The van der Waals surface area contributed by atoms with E-state index < -0.39 is 17.9 Å². The van der Waals surface area contributed by atoms with Gasteiger partial charge in [-0.3, -0.25) is 9.59 Å². The molecule has 0 aliphatic heterocycles. The number of carboxylic acids is 1. The number of fused-ring (bicyclic) bond motifs is 3. The van der Waals surface area contributed by atoms with E-state index in [1.807, 2.05) is 60.7 Å². The van der Waals surface area contributed by atoms with Crippen LogP contribution in [0, 0.1) is 6.92 Å². The van der Waals surface area contributed by atoms with Crippen LogP contribution in [0.3, 0.4) is 0 Å². The standard InChI is InChI=1S/C38H41NO4/c1-24-31(37(2,3)4)22-28(23-32(24)38(5,6)7)43-36(42)21-26(20-35(40)41)25-16-18-27(19-17-25)39-33-14-10-8-12-29(33)30-13-9-11-15-34(30)39/h8-19,22-23,26H,20-21H2,1-7H3,(H,40,41). The molecule has 5 heteroatoms. The number of carbonyl (C=O) groups excluding carboxylic acids is 1. The molecule has 1 unspecified atom stereocenters. The minimum absolute atomic E-state index is 0.0371. The van der Waals surface area contributed by atoms with Crippen LogP contribution in [0.15, 0.2) is 84.9 Å². The Kier molecular flexibility index (Phi) is 7.95. The van der Waals surface area contributed by atoms with Crippen LogP contribution in [0.1, 0.15) is 82.6 Å². The first-order valence-corrected chi connectivity index (χ1v) is 14.9. The molecule has 222 valence electrons. The number of nitrogens with zero attached hydrogens (tertiary/aromatic N) is 1. The maximum absolute atomic E-state index is 13.3. The van der Waals surface area contributed by atoms with Gasteiger partial charge >= 0.3 is 11.9 Å². The van der Waals surface area contributed by atoms with Crippen molar-refractivity contribution in [2.45, 2.75) is 78.1 Å². The van der Waals surface area contributed by atoms with Crippen molar-refractivity contribution in [2.75, 3.05) is 0 Å². The van der Waals surface area contributed by atoms with Crippen LogP contribution in [-0.2, 0) is 20.4 Å². The number of esters is 1. The van der Waals surface area contributed by atoms with E-state index in [-0.39, 0.29) is 23.7 Å². The van der Waals surface area contributed by atoms with Crippen LogP contribution in [-0.4, -0.2) is 21.6 Å². The summed E-state index contributed by atoms with van der Waals surface area (Å²) in [5, 5.41) is 12.1. The highest BCUT2D eigenvalue weighted by atomic mass is 16.5. The summed E-state index contributed by atoms with van der Waals surface area (Å²) < 4.78 is 8.13.